The molecule has 0 aromatic heterocycles. The Morgan fingerprint density at radius 1 is 0.914 bits per heavy atom. The lowest BCUT2D eigenvalue weighted by Crippen LogP contribution is -2.52. The fourth-order valence-electron chi connectivity index (χ4n) is 3.74. The van der Waals surface area contributed by atoms with Gasteiger partial charge in [0.2, 0.25) is 11.8 Å². The maximum Gasteiger partial charge on any atom is 0.243 e. The van der Waals surface area contributed by atoms with Gasteiger partial charge in [0, 0.05) is 29.8 Å². The second kappa shape index (κ2) is 14.0. The third-order valence-electron chi connectivity index (χ3n) is 5.85. The monoisotopic (exact) mass is 508 g/mol. The quantitative estimate of drug-likeness (QED) is 0.320. The second-order valence-electron chi connectivity index (χ2n) is 8.65. The first-order chi connectivity index (χ1) is 17.0. The molecule has 0 saturated carbocycles. The first kappa shape index (κ1) is 26.8. The summed E-state index contributed by atoms with van der Waals surface area (Å²) in [6.45, 7) is 4.33. The van der Waals surface area contributed by atoms with Crippen molar-refractivity contribution in [3.63, 3.8) is 0 Å². The number of halogens is 1. The molecule has 0 aliphatic heterocycles. The number of hydrogen-bond acceptors (Lipinski definition) is 3. The number of carbonyl (C=O) groups is 2. The highest BCUT2D eigenvalue weighted by molar-refractivity contribution is 7.99. The van der Waals surface area contributed by atoms with Crippen molar-refractivity contribution in [2.24, 2.45) is 0 Å². The van der Waals surface area contributed by atoms with Crippen molar-refractivity contribution >= 4 is 35.2 Å². The standard InChI is InChI=1S/C29H33ClN2O2S/c1-3-22(2)31-29(34)27(18-23-11-6-4-7-12-23)32(19-25-15-10-16-26(30)17-25)28(33)21-35-20-24-13-8-5-9-14-24/h4-17,22,27H,3,18-21H2,1-2H3,(H,31,34)/t22-,27+/m1/s1. The van der Waals surface area contributed by atoms with Crippen molar-refractivity contribution in [3.05, 3.63) is 107 Å². The number of nitrogens with one attached hydrogen (secondary N) is 1. The van der Waals surface area contributed by atoms with E-state index in [2.05, 4.69) is 17.4 Å². The molecule has 0 bridgehead atoms. The predicted octanol–water partition coefficient (Wildman–Crippen LogP) is 6.13. The lowest BCUT2D eigenvalue weighted by Gasteiger charge is -2.32. The number of amides is 2. The normalized spacial score (nSPS) is 12.5. The van der Waals surface area contributed by atoms with E-state index in [1.807, 2.05) is 86.6 Å². The average molecular weight is 509 g/mol. The Bertz CT molecular complexity index is 1080. The minimum Gasteiger partial charge on any atom is -0.352 e. The van der Waals surface area contributed by atoms with Crippen LogP contribution in [0.3, 0.4) is 0 Å². The van der Waals surface area contributed by atoms with Gasteiger partial charge < -0.3 is 10.2 Å². The summed E-state index contributed by atoms with van der Waals surface area (Å²) in [7, 11) is 0. The molecule has 0 aliphatic carbocycles. The number of rotatable bonds is 12. The SMILES string of the molecule is CC[C@@H](C)NC(=O)[C@H](Cc1ccccc1)N(Cc1cccc(Cl)c1)C(=O)CSCc1ccccc1. The van der Waals surface area contributed by atoms with E-state index in [-0.39, 0.29) is 23.6 Å². The molecule has 0 unspecified atom stereocenters. The van der Waals surface area contributed by atoms with Gasteiger partial charge in [0.15, 0.2) is 0 Å². The highest BCUT2D eigenvalue weighted by Gasteiger charge is 2.30. The van der Waals surface area contributed by atoms with Crippen molar-refractivity contribution < 1.29 is 9.59 Å². The highest BCUT2D eigenvalue weighted by Crippen LogP contribution is 2.20. The molecule has 0 radical (unpaired) electrons. The van der Waals surface area contributed by atoms with Crippen molar-refractivity contribution in [1.29, 1.82) is 0 Å². The van der Waals surface area contributed by atoms with Crippen LogP contribution in [0.15, 0.2) is 84.9 Å². The van der Waals surface area contributed by atoms with Gasteiger partial charge in [-0.1, -0.05) is 91.3 Å². The molecule has 6 heteroatoms. The maximum absolute atomic E-state index is 13.6. The average Bonchev–Trinajstić information content (AvgIpc) is 2.87. The molecule has 0 aliphatic rings. The Morgan fingerprint density at radius 3 is 2.17 bits per heavy atom. The zero-order valence-corrected chi connectivity index (χ0v) is 21.9. The van der Waals surface area contributed by atoms with Gasteiger partial charge in [-0.05, 0) is 42.2 Å². The number of benzene rings is 3. The van der Waals surface area contributed by atoms with Crippen LogP contribution in [0.2, 0.25) is 5.02 Å². The zero-order chi connectivity index (χ0) is 25.0. The summed E-state index contributed by atoms with van der Waals surface area (Å²) in [4.78, 5) is 28.8. The fourth-order valence-corrected chi connectivity index (χ4v) is 4.82. The van der Waals surface area contributed by atoms with Crippen LogP contribution >= 0.6 is 23.4 Å². The van der Waals surface area contributed by atoms with Crippen LogP contribution in [0.1, 0.15) is 37.0 Å². The van der Waals surface area contributed by atoms with Crippen LogP contribution in [0.5, 0.6) is 0 Å². The van der Waals surface area contributed by atoms with E-state index < -0.39 is 6.04 Å². The van der Waals surface area contributed by atoms with Crippen LogP contribution in [0.4, 0.5) is 0 Å². The molecule has 0 spiro atoms. The van der Waals surface area contributed by atoms with Crippen molar-refractivity contribution in [2.75, 3.05) is 5.75 Å². The largest absolute Gasteiger partial charge is 0.352 e. The molecule has 2 atom stereocenters. The molecule has 3 aromatic carbocycles. The van der Waals surface area contributed by atoms with Gasteiger partial charge in [-0.25, -0.2) is 0 Å². The van der Waals surface area contributed by atoms with E-state index in [1.165, 1.54) is 5.56 Å². The molecule has 35 heavy (non-hydrogen) atoms. The van der Waals surface area contributed by atoms with Crippen LogP contribution in [0, 0.1) is 0 Å². The molecule has 0 saturated heterocycles. The molecule has 0 fully saturated rings. The van der Waals surface area contributed by atoms with Gasteiger partial charge >= 0.3 is 0 Å². The third kappa shape index (κ3) is 8.75. The summed E-state index contributed by atoms with van der Waals surface area (Å²) in [5, 5.41) is 3.71. The smallest absolute Gasteiger partial charge is 0.243 e. The Kier molecular flexibility index (Phi) is 10.7. The van der Waals surface area contributed by atoms with Crippen LogP contribution in [0.25, 0.3) is 0 Å². The first-order valence-corrected chi connectivity index (χ1v) is 13.5. The summed E-state index contributed by atoms with van der Waals surface area (Å²) in [5.41, 5.74) is 3.08. The number of nitrogens with zero attached hydrogens (tertiary/aromatic N) is 1. The first-order valence-electron chi connectivity index (χ1n) is 12.0. The van der Waals surface area contributed by atoms with Gasteiger partial charge in [-0.3, -0.25) is 9.59 Å². The van der Waals surface area contributed by atoms with Crippen LogP contribution in [-0.4, -0.2) is 34.6 Å². The number of carbonyl (C=O) groups excluding carboxylic acids is 2. The van der Waals surface area contributed by atoms with Crippen LogP contribution < -0.4 is 5.32 Å². The minimum atomic E-state index is -0.629. The van der Waals surface area contributed by atoms with Gasteiger partial charge in [0.05, 0.1) is 5.75 Å². The lowest BCUT2D eigenvalue weighted by atomic mass is 10.0. The molecule has 3 rings (SSSR count). The molecular formula is C29H33ClN2O2S. The van der Waals surface area contributed by atoms with Gasteiger partial charge in [0.25, 0.3) is 0 Å². The lowest BCUT2D eigenvalue weighted by molar-refractivity contribution is -0.139. The fraction of sp³-hybridized carbons (Fsp3) is 0.310. The molecule has 184 valence electrons. The Morgan fingerprint density at radius 2 is 1.54 bits per heavy atom. The minimum absolute atomic E-state index is 0.0244. The summed E-state index contributed by atoms with van der Waals surface area (Å²) in [6, 6.07) is 26.8. The molecule has 3 aromatic rings. The molecule has 4 nitrogen and oxygen atoms in total. The Hall–Kier alpha value is -2.76. The van der Waals surface area contributed by atoms with Crippen molar-refractivity contribution in [2.45, 2.75) is 51.1 Å². The van der Waals surface area contributed by atoms with E-state index >= 15 is 0 Å². The number of hydrogen-bond donors (Lipinski definition) is 1. The van der Waals surface area contributed by atoms with E-state index in [9.17, 15) is 9.59 Å². The summed E-state index contributed by atoms with van der Waals surface area (Å²) in [5.74, 6) is 0.829. The molecule has 2 amide bonds. The summed E-state index contributed by atoms with van der Waals surface area (Å²) in [6.07, 6.45) is 1.26. The van der Waals surface area contributed by atoms with E-state index in [0.717, 1.165) is 23.3 Å². The Labute approximate surface area is 218 Å². The van der Waals surface area contributed by atoms with Crippen LogP contribution in [-0.2, 0) is 28.3 Å². The molecule has 1 N–H and O–H groups in total. The summed E-state index contributed by atoms with van der Waals surface area (Å²) >= 11 is 7.79. The van der Waals surface area contributed by atoms with Crippen molar-refractivity contribution in [1.82, 2.24) is 10.2 Å². The molecular weight excluding hydrogens is 476 g/mol. The van der Waals surface area contributed by atoms with Crippen molar-refractivity contribution in [3.8, 4) is 0 Å². The second-order valence-corrected chi connectivity index (χ2v) is 10.1. The summed E-state index contributed by atoms with van der Waals surface area (Å²) < 4.78 is 0. The van der Waals surface area contributed by atoms with Gasteiger partial charge in [-0.15, -0.1) is 11.8 Å². The van der Waals surface area contributed by atoms with Gasteiger partial charge in [-0.2, -0.15) is 0 Å². The molecule has 0 heterocycles. The predicted molar refractivity (Wildman–Crippen MR) is 146 cm³/mol. The van der Waals surface area contributed by atoms with E-state index in [4.69, 9.17) is 11.6 Å². The van der Waals surface area contributed by atoms with E-state index in [1.54, 1.807) is 16.7 Å². The Balaban J connectivity index is 1.86. The number of thioether (sulfide) groups is 1. The maximum atomic E-state index is 13.6. The highest BCUT2D eigenvalue weighted by atomic mass is 35.5. The topological polar surface area (TPSA) is 49.4 Å². The third-order valence-corrected chi connectivity index (χ3v) is 7.07. The van der Waals surface area contributed by atoms with Gasteiger partial charge in [0.1, 0.15) is 6.04 Å². The van der Waals surface area contributed by atoms with E-state index in [0.29, 0.717) is 18.0 Å². The zero-order valence-electron chi connectivity index (χ0n) is 20.3.